The number of rotatable bonds is 6. The zero-order valence-corrected chi connectivity index (χ0v) is 15.4. The van der Waals surface area contributed by atoms with Crippen molar-refractivity contribution >= 4 is 17.4 Å². The van der Waals surface area contributed by atoms with Gasteiger partial charge in [0.25, 0.3) is 5.91 Å². The maximum atomic E-state index is 12.7. The fourth-order valence-electron chi connectivity index (χ4n) is 2.89. The Kier molecular flexibility index (Phi) is 5.67. The highest BCUT2D eigenvalue weighted by Gasteiger charge is 2.15. The third-order valence-electron chi connectivity index (χ3n) is 4.05. The Balaban J connectivity index is 1.70. The monoisotopic (exact) mass is 359 g/mol. The van der Waals surface area contributed by atoms with Crippen LogP contribution in [0, 0.1) is 13.8 Å². The van der Waals surface area contributed by atoms with E-state index in [1.807, 2.05) is 50.2 Å². The van der Waals surface area contributed by atoms with Crippen molar-refractivity contribution < 1.29 is 14.3 Å². The van der Waals surface area contributed by atoms with Gasteiger partial charge >= 0.3 is 0 Å². The molecule has 0 fully saturated rings. The maximum absolute atomic E-state index is 12.7. The molecular weight excluding hydrogens is 338 g/mol. The summed E-state index contributed by atoms with van der Waals surface area (Å²) >= 11 is 0. The third kappa shape index (κ3) is 4.82. The number of anilines is 1. The first-order chi connectivity index (χ1) is 13.0. The van der Waals surface area contributed by atoms with E-state index in [1.54, 1.807) is 36.4 Å². The number of hydrogen-bond donors (Lipinski definition) is 1. The van der Waals surface area contributed by atoms with Gasteiger partial charge in [-0.15, -0.1) is 0 Å². The zero-order chi connectivity index (χ0) is 19.2. The zero-order valence-electron chi connectivity index (χ0n) is 15.4. The van der Waals surface area contributed by atoms with Crippen LogP contribution in [0.25, 0.3) is 0 Å². The molecule has 1 amide bonds. The molecule has 0 aromatic heterocycles. The van der Waals surface area contributed by atoms with Crippen LogP contribution >= 0.6 is 0 Å². The average Bonchev–Trinajstić information content (AvgIpc) is 2.66. The summed E-state index contributed by atoms with van der Waals surface area (Å²) in [6.45, 7) is 3.83. The molecule has 0 spiro atoms. The first-order valence-electron chi connectivity index (χ1n) is 8.72. The van der Waals surface area contributed by atoms with Gasteiger partial charge in [-0.2, -0.15) is 0 Å². The number of ketones is 1. The van der Waals surface area contributed by atoms with Gasteiger partial charge in [0, 0.05) is 11.1 Å². The molecule has 0 aliphatic carbocycles. The highest BCUT2D eigenvalue weighted by molar-refractivity contribution is 6.13. The molecule has 1 N–H and O–H groups in total. The molecule has 4 heteroatoms. The van der Waals surface area contributed by atoms with Crippen LogP contribution in [0.15, 0.2) is 72.8 Å². The first kappa shape index (κ1) is 18.4. The molecule has 0 aliphatic heterocycles. The van der Waals surface area contributed by atoms with Gasteiger partial charge in [-0.3, -0.25) is 9.59 Å². The van der Waals surface area contributed by atoms with E-state index in [-0.39, 0.29) is 18.3 Å². The standard InChI is InChI=1S/C23H21NO3/c1-16-12-17(2)14-19(13-16)27-15-22(25)24-21-11-7-6-10-20(21)23(26)18-8-4-3-5-9-18/h3-14H,15H2,1-2H3,(H,24,25). The van der Waals surface area contributed by atoms with Crippen LogP contribution in [0.2, 0.25) is 0 Å². The fourth-order valence-corrected chi connectivity index (χ4v) is 2.89. The summed E-state index contributed by atoms with van der Waals surface area (Å²) < 4.78 is 5.59. The van der Waals surface area contributed by atoms with Gasteiger partial charge in [0.05, 0.1) is 5.69 Å². The normalized spacial score (nSPS) is 10.3. The molecule has 3 rings (SSSR count). The Labute approximate surface area is 158 Å². The Hall–Kier alpha value is -3.40. The lowest BCUT2D eigenvalue weighted by Gasteiger charge is -2.12. The van der Waals surface area contributed by atoms with Gasteiger partial charge in [0.2, 0.25) is 0 Å². The topological polar surface area (TPSA) is 55.4 Å². The number of aryl methyl sites for hydroxylation is 2. The number of hydrogen-bond acceptors (Lipinski definition) is 3. The van der Waals surface area contributed by atoms with Gasteiger partial charge < -0.3 is 10.1 Å². The molecule has 27 heavy (non-hydrogen) atoms. The fraction of sp³-hybridized carbons (Fsp3) is 0.130. The molecular formula is C23H21NO3. The van der Waals surface area contributed by atoms with Crippen LogP contribution in [-0.4, -0.2) is 18.3 Å². The van der Waals surface area contributed by atoms with E-state index in [4.69, 9.17) is 4.74 Å². The van der Waals surface area contributed by atoms with Crippen molar-refractivity contribution in [2.24, 2.45) is 0 Å². The Morgan fingerprint density at radius 3 is 2.19 bits per heavy atom. The molecule has 0 atom stereocenters. The van der Waals surface area contributed by atoms with Gasteiger partial charge in [-0.1, -0.05) is 48.5 Å². The molecule has 3 aromatic carbocycles. The van der Waals surface area contributed by atoms with Crippen LogP contribution in [0.3, 0.4) is 0 Å². The molecule has 0 aliphatic rings. The summed E-state index contributed by atoms with van der Waals surface area (Å²) in [6, 6.07) is 21.8. The van der Waals surface area contributed by atoms with E-state index in [0.29, 0.717) is 22.6 Å². The van der Waals surface area contributed by atoms with Gasteiger partial charge in [-0.25, -0.2) is 0 Å². The van der Waals surface area contributed by atoms with E-state index in [2.05, 4.69) is 5.32 Å². The first-order valence-corrected chi connectivity index (χ1v) is 8.72. The van der Waals surface area contributed by atoms with Crippen molar-refractivity contribution in [2.45, 2.75) is 13.8 Å². The lowest BCUT2D eigenvalue weighted by molar-refractivity contribution is -0.118. The SMILES string of the molecule is Cc1cc(C)cc(OCC(=O)Nc2ccccc2C(=O)c2ccccc2)c1. The Morgan fingerprint density at radius 2 is 1.48 bits per heavy atom. The molecule has 3 aromatic rings. The second kappa shape index (κ2) is 8.32. The maximum Gasteiger partial charge on any atom is 0.262 e. The summed E-state index contributed by atoms with van der Waals surface area (Å²) in [5, 5.41) is 2.78. The van der Waals surface area contributed by atoms with Crippen molar-refractivity contribution in [3.05, 3.63) is 95.1 Å². The van der Waals surface area contributed by atoms with Crippen molar-refractivity contribution in [1.82, 2.24) is 0 Å². The third-order valence-corrected chi connectivity index (χ3v) is 4.05. The number of nitrogens with one attached hydrogen (secondary N) is 1. The predicted octanol–water partition coefficient (Wildman–Crippen LogP) is 4.55. The van der Waals surface area contributed by atoms with Gasteiger partial charge in [-0.05, 0) is 49.2 Å². The minimum absolute atomic E-state index is 0.128. The molecule has 0 bridgehead atoms. The summed E-state index contributed by atoms with van der Waals surface area (Å²) in [7, 11) is 0. The number of carbonyl (C=O) groups is 2. The highest BCUT2D eigenvalue weighted by Crippen LogP contribution is 2.20. The Bertz CT molecular complexity index is 944. The number of para-hydroxylation sites is 1. The van der Waals surface area contributed by atoms with Gasteiger partial charge in [0.15, 0.2) is 12.4 Å². The minimum atomic E-state index is -0.317. The summed E-state index contributed by atoms with van der Waals surface area (Å²) in [6.07, 6.45) is 0. The number of amides is 1. The van der Waals surface area contributed by atoms with E-state index >= 15 is 0 Å². The van der Waals surface area contributed by atoms with E-state index in [0.717, 1.165) is 11.1 Å². The van der Waals surface area contributed by atoms with Crippen LogP contribution in [0.4, 0.5) is 5.69 Å². The summed E-state index contributed by atoms with van der Waals surface area (Å²) in [4.78, 5) is 25.0. The quantitative estimate of drug-likeness (QED) is 0.657. The minimum Gasteiger partial charge on any atom is -0.484 e. The lowest BCUT2D eigenvalue weighted by Crippen LogP contribution is -2.21. The molecule has 136 valence electrons. The second-order valence-electron chi connectivity index (χ2n) is 6.40. The summed E-state index contributed by atoms with van der Waals surface area (Å²) in [5.41, 5.74) is 3.64. The van der Waals surface area contributed by atoms with E-state index in [1.165, 1.54) is 0 Å². The smallest absolute Gasteiger partial charge is 0.262 e. The van der Waals surface area contributed by atoms with Crippen molar-refractivity contribution in [3.8, 4) is 5.75 Å². The van der Waals surface area contributed by atoms with Crippen LogP contribution in [0.5, 0.6) is 5.75 Å². The number of benzene rings is 3. The number of carbonyl (C=O) groups excluding carboxylic acids is 2. The molecule has 0 unspecified atom stereocenters. The molecule has 0 saturated heterocycles. The molecule has 4 nitrogen and oxygen atoms in total. The molecule has 0 saturated carbocycles. The second-order valence-corrected chi connectivity index (χ2v) is 6.40. The number of ether oxygens (including phenoxy) is 1. The lowest BCUT2D eigenvalue weighted by atomic mass is 10.0. The van der Waals surface area contributed by atoms with Crippen molar-refractivity contribution in [2.75, 3.05) is 11.9 Å². The van der Waals surface area contributed by atoms with Crippen molar-refractivity contribution in [3.63, 3.8) is 0 Å². The molecule has 0 radical (unpaired) electrons. The van der Waals surface area contributed by atoms with Crippen molar-refractivity contribution in [1.29, 1.82) is 0 Å². The molecule has 0 heterocycles. The average molecular weight is 359 g/mol. The van der Waals surface area contributed by atoms with E-state index in [9.17, 15) is 9.59 Å². The van der Waals surface area contributed by atoms with E-state index < -0.39 is 0 Å². The van der Waals surface area contributed by atoms with Crippen LogP contribution in [0.1, 0.15) is 27.0 Å². The van der Waals surface area contributed by atoms with Crippen LogP contribution in [-0.2, 0) is 4.79 Å². The summed E-state index contributed by atoms with van der Waals surface area (Å²) in [5.74, 6) is 0.195. The Morgan fingerprint density at radius 1 is 0.852 bits per heavy atom. The largest absolute Gasteiger partial charge is 0.484 e. The predicted molar refractivity (Wildman–Crippen MR) is 106 cm³/mol. The van der Waals surface area contributed by atoms with Gasteiger partial charge in [0.1, 0.15) is 5.75 Å². The van der Waals surface area contributed by atoms with Crippen LogP contribution < -0.4 is 10.1 Å². The highest BCUT2D eigenvalue weighted by atomic mass is 16.5.